The van der Waals surface area contributed by atoms with Crippen LogP contribution in [0.15, 0.2) is 66.7 Å². The maximum Gasteiger partial charge on any atom is 0.408 e. The molecule has 1 atom stereocenters. The molecule has 2 N–H and O–H groups in total. The summed E-state index contributed by atoms with van der Waals surface area (Å²) in [6.45, 7) is 3.92. The average Bonchev–Trinajstić information content (AvgIpc) is 3.03. The number of aryl methyl sites for hydroxylation is 2. The van der Waals surface area contributed by atoms with Crippen LogP contribution in [-0.4, -0.2) is 23.8 Å². The van der Waals surface area contributed by atoms with E-state index in [9.17, 15) is 14.7 Å². The maximum atomic E-state index is 12.5. The van der Waals surface area contributed by atoms with Gasteiger partial charge in [0.1, 0.15) is 6.61 Å². The summed E-state index contributed by atoms with van der Waals surface area (Å²) in [5.41, 5.74) is 6.89. The van der Waals surface area contributed by atoms with Gasteiger partial charge in [0.2, 0.25) is 0 Å². The largest absolute Gasteiger partial charge is 0.479 e. The minimum Gasteiger partial charge on any atom is -0.479 e. The minimum atomic E-state index is -1.17. The van der Waals surface area contributed by atoms with E-state index in [-0.39, 0.29) is 12.5 Å². The van der Waals surface area contributed by atoms with Crippen LogP contribution in [0.3, 0.4) is 0 Å². The second-order valence-corrected chi connectivity index (χ2v) is 7.66. The fraction of sp³-hybridized carbons (Fsp3) is 0.200. The Hall–Kier alpha value is -3.60. The molecule has 0 bridgehead atoms. The average molecular weight is 401 g/mol. The Morgan fingerprint density at radius 2 is 1.47 bits per heavy atom. The lowest BCUT2D eigenvalue weighted by atomic mass is 9.98. The monoisotopic (exact) mass is 401 g/mol. The van der Waals surface area contributed by atoms with Gasteiger partial charge in [0.05, 0.1) is 0 Å². The first-order valence-corrected chi connectivity index (χ1v) is 9.86. The third-order valence-corrected chi connectivity index (χ3v) is 5.43. The Kier molecular flexibility index (Phi) is 5.27. The number of amides is 1. The normalized spacial score (nSPS) is 13.3. The summed E-state index contributed by atoms with van der Waals surface area (Å²) in [5.74, 6) is -1.21. The molecule has 30 heavy (non-hydrogen) atoms. The first-order chi connectivity index (χ1) is 14.4. The quantitative estimate of drug-likeness (QED) is 0.633. The molecule has 0 radical (unpaired) electrons. The molecule has 152 valence electrons. The van der Waals surface area contributed by atoms with E-state index in [1.54, 1.807) is 12.1 Å². The van der Waals surface area contributed by atoms with Crippen molar-refractivity contribution in [3.63, 3.8) is 0 Å². The molecule has 0 spiro atoms. The Labute approximate surface area is 175 Å². The molecule has 4 rings (SSSR count). The number of hydrogen-bond acceptors (Lipinski definition) is 3. The van der Waals surface area contributed by atoms with Gasteiger partial charge in [-0.1, -0.05) is 77.9 Å². The molecular formula is C25H23NO4. The van der Waals surface area contributed by atoms with Crippen molar-refractivity contribution in [2.24, 2.45) is 0 Å². The third kappa shape index (κ3) is 3.79. The van der Waals surface area contributed by atoms with E-state index in [4.69, 9.17) is 4.74 Å². The Balaban J connectivity index is 1.50. The van der Waals surface area contributed by atoms with Crippen LogP contribution in [0.4, 0.5) is 4.79 Å². The maximum absolute atomic E-state index is 12.5. The number of fused-ring (bicyclic) bond motifs is 3. The second kappa shape index (κ2) is 8.03. The number of aliphatic carboxylic acids is 1. The van der Waals surface area contributed by atoms with E-state index in [1.807, 2.05) is 56.3 Å². The zero-order valence-corrected chi connectivity index (χ0v) is 16.9. The van der Waals surface area contributed by atoms with Crippen molar-refractivity contribution in [1.29, 1.82) is 0 Å². The highest BCUT2D eigenvalue weighted by molar-refractivity contribution is 5.82. The number of carbonyl (C=O) groups excluding carboxylic acids is 1. The lowest BCUT2D eigenvalue weighted by Gasteiger charge is -2.18. The van der Waals surface area contributed by atoms with Crippen LogP contribution in [-0.2, 0) is 9.53 Å². The summed E-state index contributed by atoms with van der Waals surface area (Å²) >= 11 is 0. The molecule has 0 aliphatic heterocycles. The molecule has 5 heteroatoms. The summed E-state index contributed by atoms with van der Waals surface area (Å²) in [6.07, 6.45) is -0.747. The van der Waals surface area contributed by atoms with Crippen LogP contribution < -0.4 is 5.32 Å². The van der Waals surface area contributed by atoms with Crippen LogP contribution in [0, 0.1) is 13.8 Å². The van der Waals surface area contributed by atoms with Gasteiger partial charge >= 0.3 is 12.1 Å². The number of nitrogens with one attached hydrogen (secondary N) is 1. The Morgan fingerprint density at radius 3 is 2.00 bits per heavy atom. The van der Waals surface area contributed by atoms with E-state index in [1.165, 1.54) is 0 Å². The Bertz CT molecular complexity index is 1060. The lowest BCUT2D eigenvalue weighted by molar-refractivity contribution is -0.139. The standard InChI is InChI=1S/C25H23NO4/c1-15-11-16(2)13-17(12-15)23(24(27)28)26-25(29)30-14-22-20-9-5-3-7-18(20)19-8-4-6-10-21(19)22/h3-13,22-23H,14H2,1-2H3,(H,26,29)(H,27,28). The van der Waals surface area contributed by atoms with Crippen molar-refractivity contribution in [1.82, 2.24) is 5.32 Å². The molecule has 5 nitrogen and oxygen atoms in total. The zero-order chi connectivity index (χ0) is 21.3. The fourth-order valence-corrected chi connectivity index (χ4v) is 4.22. The molecule has 0 saturated carbocycles. The zero-order valence-electron chi connectivity index (χ0n) is 16.9. The lowest BCUT2D eigenvalue weighted by Crippen LogP contribution is -2.35. The summed E-state index contributed by atoms with van der Waals surface area (Å²) < 4.78 is 5.49. The van der Waals surface area contributed by atoms with E-state index in [0.29, 0.717) is 5.56 Å². The van der Waals surface area contributed by atoms with Crippen LogP contribution in [0.5, 0.6) is 0 Å². The number of benzene rings is 3. The number of rotatable bonds is 5. The molecule has 0 heterocycles. The number of alkyl carbamates (subject to hydrolysis) is 1. The van der Waals surface area contributed by atoms with Crippen LogP contribution in [0.25, 0.3) is 11.1 Å². The fourth-order valence-electron chi connectivity index (χ4n) is 4.22. The molecular weight excluding hydrogens is 378 g/mol. The van der Waals surface area contributed by atoms with E-state index < -0.39 is 18.1 Å². The van der Waals surface area contributed by atoms with Gasteiger partial charge in [-0.15, -0.1) is 0 Å². The SMILES string of the molecule is Cc1cc(C)cc(C(NC(=O)OCC2c3ccccc3-c3ccccc32)C(=O)O)c1. The van der Waals surface area contributed by atoms with Gasteiger partial charge < -0.3 is 15.2 Å². The smallest absolute Gasteiger partial charge is 0.408 e. The van der Waals surface area contributed by atoms with Gasteiger partial charge in [0, 0.05) is 5.92 Å². The number of carboxylic acid groups (broad SMARTS) is 1. The van der Waals surface area contributed by atoms with Crippen molar-refractivity contribution in [3.05, 3.63) is 94.5 Å². The molecule has 0 fully saturated rings. The summed E-state index contributed by atoms with van der Waals surface area (Å²) in [5, 5.41) is 12.1. The Morgan fingerprint density at radius 1 is 0.933 bits per heavy atom. The third-order valence-electron chi connectivity index (χ3n) is 5.43. The van der Waals surface area contributed by atoms with Crippen LogP contribution >= 0.6 is 0 Å². The molecule has 1 amide bonds. The second-order valence-electron chi connectivity index (χ2n) is 7.66. The molecule has 1 aliphatic carbocycles. The van der Waals surface area contributed by atoms with Crippen molar-refractivity contribution in [2.45, 2.75) is 25.8 Å². The number of ether oxygens (including phenoxy) is 1. The minimum absolute atomic E-state index is 0.0763. The topological polar surface area (TPSA) is 75.6 Å². The van der Waals surface area contributed by atoms with Gasteiger partial charge in [-0.3, -0.25) is 0 Å². The van der Waals surface area contributed by atoms with E-state index in [2.05, 4.69) is 17.4 Å². The first kappa shape index (κ1) is 19.7. The van der Waals surface area contributed by atoms with Gasteiger partial charge in [-0.25, -0.2) is 9.59 Å². The summed E-state index contributed by atoms with van der Waals surface area (Å²) in [4.78, 5) is 24.3. The summed E-state index contributed by atoms with van der Waals surface area (Å²) in [7, 11) is 0. The first-order valence-electron chi connectivity index (χ1n) is 9.86. The molecule has 1 unspecified atom stereocenters. The van der Waals surface area contributed by atoms with Crippen molar-refractivity contribution in [2.75, 3.05) is 6.61 Å². The van der Waals surface area contributed by atoms with Crippen LogP contribution in [0.2, 0.25) is 0 Å². The number of hydrogen-bond donors (Lipinski definition) is 2. The predicted molar refractivity (Wildman–Crippen MR) is 114 cm³/mol. The van der Waals surface area contributed by atoms with Gasteiger partial charge in [-0.05, 0) is 41.7 Å². The predicted octanol–water partition coefficient (Wildman–Crippen LogP) is 4.97. The van der Waals surface area contributed by atoms with E-state index >= 15 is 0 Å². The molecule has 3 aromatic carbocycles. The molecule has 3 aromatic rings. The highest BCUT2D eigenvalue weighted by Gasteiger charge is 2.30. The van der Waals surface area contributed by atoms with Gasteiger partial charge in [0.25, 0.3) is 0 Å². The van der Waals surface area contributed by atoms with Gasteiger partial charge in [0.15, 0.2) is 6.04 Å². The van der Waals surface area contributed by atoms with Crippen molar-refractivity contribution in [3.8, 4) is 11.1 Å². The van der Waals surface area contributed by atoms with Crippen LogP contribution in [0.1, 0.15) is 39.8 Å². The summed E-state index contributed by atoms with van der Waals surface area (Å²) in [6, 6.07) is 20.4. The van der Waals surface area contributed by atoms with Gasteiger partial charge in [-0.2, -0.15) is 0 Å². The highest BCUT2D eigenvalue weighted by Crippen LogP contribution is 2.44. The molecule has 1 aliphatic rings. The number of carboxylic acids is 1. The van der Waals surface area contributed by atoms with Crippen molar-refractivity contribution < 1.29 is 19.4 Å². The highest BCUT2D eigenvalue weighted by atomic mass is 16.5. The number of carbonyl (C=O) groups is 2. The van der Waals surface area contributed by atoms with Crippen molar-refractivity contribution >= 4 is 12.1 Å². The molecule has 0 saturated heterocycles. The van der Waals surface area contributed by atoms with E-state index in [0.717, 1.165) is 33.4 Å². The molecule has 0 aromatic heterocycles.